The molecule has 0 saturated carbocycles. The van der Waals surface area contributed by atoms with Crippen LogP contribution in [0.1, 0.15) is 48.1 Å². The number of allylic oxidation sites excluding steroid dienone is 1. The van der Waals surface area contributed by atoms with E-state index in [1.54, 1.807) is 6.07 Å². The normalized spacial score (nSPS) is 16.5. The molecule has 2 aromatic carbocycles. The van der Waals surface area contributed by atoms with Crippen molar-refractivity contribution in [3.63, 3.8) is 0 Å². The molecule has 0 atom stereocenters. The molecule has 35 heavy (non-hydrogen) atoms. The zero-order valence-electron chi connectivity index (χ0n) is 20.5. The molecule has 0 bridgehead atoms. The summed E-state index contributed by atoms with van der Waals surface area (Å²) >= 11 is 0. The SMILES string of the molecule is C=C(C1CCN(C)CC1)N1Cc2nc(C(=N)c3ccc(-c4cc(F)ccc4CC)cc3N)[nH]c2C1. The zero-order chi connectivity index (χ0) is 24.7. The minimum absolute atomic E-state index is 0.263. The summed E-state index contributed by atoms with van der Waals surface area (Å²) in [5, 5.41) is 8.75. The first-order valence-corrected chi connectivity index (χ1v) is 12.3. The largest absolute Gasteiger partial charge is 0.398 e. The first-order chi connectivity index (χ1) is 16.8. The number of aryl methyl sites for hydroxylation is 1. The molecular weight excluding hydrogens is 439 g/mol. The van der Waals surface area contributed by atoms with Gasteiger partial charge >= 0.3 is 0 Å². The predicted octanol–water partition coefficient (Wildman–Crippen LogP) is 4.95. The summed E-state index contributed by atoms with van der Waals surface area (Å²) in [5.41, 5.74) is 13.7. The minimum atomic E-state index is -0.273. The fourth-order valence-electron chi connectivity index (χ4n) is 5.27. The second kappa shape index (κ2) is 9.30. The third-order valence-corrected chi connectivity index (χ3v) is 7.47. The Balaban J connectivity index is 1.31. The highest BCUT2D eigenvalue weighted by Gasteiger charge is 2.29. The lowest BCUT2D eigenvalue weighted by Crippen LogP contribution is -2.34. The van der Waals surface area contributed by atoms with Gasteiger partial charge in [-0.2, -0.15) is 0 Å². The molecule has 5 rings (SSSR count). The van der Waals surface area contributed by atoms with Gasteiger partial charge in [-0.1, -0.05) is 31.7 Å². The molecule has 0 radical (unpaired) electrons. The van der Waals surface area contributed by atoms with Gasteiger partial charge < -0.3 is 20.5 Å². The topological polar surface area (TPSA) is 85.0 Å². The first-order valence-electron chi connectivity index (χ1n) is 12.3. The number of H-pyrrole nitrogens is 1. The monoisotopic (exact) mass is 472 g/mol. The van der Waals surface area contributed by atoms with Gasteiger partial charge in [-0.25, -0.2) is 9.37 Å². The van der Waals surface area contributed by atoms with Crippen molar-refractivity contribution in [3.8, 4) is 11.1 Å². The number of nitrogens with zero attached hydrogens (tertiary/aromatic N) is 3. The van der Waals surface area contributed by atoms with Crippen LogP contribution >= 0.6 is 0 Å². The molecule has 3 aromatic rings. The number of halogens is 1. The maximum Gasteiger partial charge on any atom is 0.156 e. The smallest absolute Gasteiger partial charge is 0.156 e. The number of nitrogens with one attached hydrogen (secondary N) is 2. The molecule has 1 aromatic heterocycles. The van der Waals surface area contributed by atoms with Crippen LogP contribution in [0.15, 0.2) is 48.7 Å². The number of anilines is 1. The van der Waals surface area contributed by atoms with E-state index in [1.807, 2.05) is 31.2 Å². The molecule has 0 aliphatic carbocycles. The Morgan fingerprint density at radius 2 is 1.97 bits per heavy atom. The third-order valence-electron chi connectivity index (χ3n) is 7.47. The van der Waals surface area contributed by atoms with E-state index in [0.29, 0.717) is 23.0 Å². The fraction of sp³-hybridized carbons (Fsp3) is 0.357. The van der Waals surface area contributed by atoms with Crippen LogP contribution in [-0.2, 0) is 19.5 Å². The number of hydrogen-bond acceptors (Lipinski definition) is 5. The highest BCUT2D eigenvalue weighted by molar-refractivity contribution is 6.12. The van der Waals surface area contributed by atoms with Crippen LogP contribution < -0.4 is 5.73 Å². The van der Waals surface area contributed by atoms with Gasteiger partial charge in [-0.3, -0.25) is 5.41 Å². The number of rotatable bonds is 6. The van der Waals surface area contributed by atoms with Crippen LogP contribution in [0.2, 0.25) is 0 Å². The van der Waals surface area contributed by atoms with Gasteiger partial charge in [0.05, 0.1) is 24.5 Å². The summed E-state index contributed by atoms with van der Waals surface area (Å²) in [4.78, 5) is 12.8. The molecule has 182 valence electrons. The summed E-state index contributed by atoms with van der Waals surface area (Å²) in [5.74, 6) is 0.779. The van der Waals surface area contributed by atoms with Gasteiger partial charge in [0.2, 0.25) is 0 Å². The maximum absolute atomic E-state index is 13.9. The lowest BCUT2D eigenvalue weighted by Gasteiger charge is -2.34. The molecule has 2 aliphatic heterocycles. The van der Waals surface area contributed by atoms with E-state index in [0.717, 1.165) is 73.5 Å². The Bertz CT molecular complexity index is 1260. The van der Waals surface area contributed by atoms with Crippen molar-refractivity contribution in [2.45, 2.75) is 39.3 Å². The van der Waals surface area contributed by atoms with Crippen LogP contribution in [-0.4, -0.2) is 45.6 Å². The molecule has 0 spiro atoms. The van der Waals surface area contributed by atoms with Gasteiger partial charge in [0.25, 0.3) is 0 Å². The minimum Gasteiger partial charge on any atom is -0.398 e. The molecule has 0 amide bonds. The van der Waals surface area contributed by atoms with Gasteiger partial charge in [0.1, 0.15) is 11.5 Å². The molecule has 2 aliphatic rings. The highest BCUT2D eigenvalue weighted by atomic mass is 19.1. The summed E-state index contributed by atoms with van der Waals surface area (Å²) in [7, 11) is 2.17. The summed E-state index contributed by atoms with van der Waals surface area (Å²) in [6.45, 7) is 10.1. The average Bonchev–Trinajstić information content (AvgIpc) is 3.43. The standard InChI is InChI=1S/C28H33FN6/c1-4-18-5-7-21(29)14-23(18)20-6-8-22(24(30)13-20)27(31)28-32-25-15-35(16-26(25)33-28)17(2)19-9-11-34(3)12-10-19/h5-8,13-14,19,31H,2,4,9-12,15-16,30H2,1,3H3,(H,32,33). The first kappa shape index (κ1) is 23.3. The number of nitrogen functional groups attached to an aromatic ring is 1. The Labute approximate surface area is 206 Å². The predicted molar refractivity (Wildman–Crippen MR) is 139 cm³/mol. The van der Waals surface area contributed by atoms with Crippen LogP contribution in [0, 0.1) is 17.1 Å². The van der Waals surface area contributed by atoms with E-state index in [9.17, 15) is 4.39 Å². The number of benzene rings is 2. The van der Waals surface area contributed by atoms with Crippen LogP contribution in [0.3, 0.4) is 0 Å². The number of hydrogen-bond donors (Lipinski definition) is 3. The molecule has 6 nitrogen and oxygen atoms in total. The Morgan fingerprint density at radius 1 is 1.20 bits per heavy atom. The second-order valence-corrected chi connectivity index (χ2v) is 9.77. The lowest BCUT2D eigenvalue weighted by molar-refractivity contribution is 0.203. The molecule has 1 fully saturated rings. The molecule has 0 unspecified atom stereocenters. The molecule has 7 heteroatoms. The van der Waals surface area contributed by atoms with Crippen molar-refractivity contribution in [1.82, 2.24) is 19.8 Å². The van der Waals surface area contributed by atoms with Gasteiger partial charge in [-0.05, 0) is 74.3 Å². The van der Waals surface area contributed by atoms with Crippen molar-refractivity contribution >= 4 is 11.4 Å². The lowest BCUT2D eigenvalue weighted by atomic mass is 9.93. The highest BCUT2D eigenvalue weighted by Crippen LogP contribution is 2.33. The number of aromatic nitrogens is 2. The van der Waals surface area contributed by atoms with E-state index in [-0.39, 0.29) is 11.5 Å². The molecular formula is C28H33FN6. The van der Waals surface area contributed by atoms with Gasteiger partial charge in [0, 0.05) is 22.9 Å². The zero-order valence-corrected chi connectivity index (χ0v) is 20.5. The number of likely N-dealkylation sites (tertiary alicyclic amines) is 1. The maximum atomic E-state index is 13.9. The number of aromatic amines is 1. The number of imidazole rings is 1. The van der Waals surface area contributed by atoms with Crippen LogP contribution in [0.25, 0.3) is 11.1 Å². The van der Waals surface area contributed by atoms with Gasteiger partial charge in [-0.15, -0.1) is 0 Å². The number of fused-ring (bicyclic) bond motifs is 1. The molecule has 1 saturated heterocycles. The quantitative estimate of drug-likeness (QED) is 0.350. The molecule has 3 heterocycles. The van der Waals surface area contributed by atoms with E-state index in [4.69, 9.17) is 16.1 Å². The second-order valence-electron chi connectivity index (χ2n) is 9.77. The summed E-state index contributed by atoms with van der Waals surface area (Å²) in [6, 6.07) is 10.4. The van der Waals surface area contributed by atoms with Crippen molar-refractivity contribution in [2.24, 2.45) is 5.92 Å². The van der Waals surface area contributed by atoms with Gasteiger partial charge in [0.15, 0.2) is 5.82 Å². The van der Waals surface area contributed by atoms with E-state index in [2.05, 4.69) is 28.4 Å². The van der Waals surface area contributed by atoms with Crippen molar-refractivity contribution in [1.29, 1.82) is 5.41 Å². The van der Waals surface area contributed by atoms with E-state index < -0.39 is 0 Å². The Kier molecular flexibility index (Phi) is 6.19. The van der Waals surface area contributed by atoms with Crippen molar-refractivity contribution in [2.75, 3.05) is 25.9 Å². The van der Waals surface area contributed by atoms with E-state index >= 15 is 0 Å². The third kappa shape index (κ3) is 4.48. The fourth-order valence-corrected chi connectivity index (χ4v) is 5.27. The van der Waals surface area contributed by atoms with Crippen molar-refractivity contribution in [3.05, 3.63) is 82.8 Å². The molecule has 4 N–H and O–H groups in total. The van der Waals surface area contributed by atoms with Crippen molar-refractivity contribution < 1.29 is 4.39 Å². The number of nitrogens with two attached hydrogens (primary N) is 1. The average molecular weight is 473 g/mol. The summed E-state index contributed by atoms with van der Waals surface area (Å²) in [6.07, 6.45) is 3.09. The van der Waals surface area contributed by atoms with Crippen LogP contribution in [0.4, 0.5) is 10.1 Å². The van der Waals surface area contributed by atoms with Crippen LogP contribution in [0.5, 0.6) is 0 Å². The Hall–Kier alpha value is -3.45. The number of piperidine rings is 1. The van der Waals surface area contributed by atoms with E-state index in [1.165, 1.54) is 11.8 Å². The summed E-state index contributed by atoms with van der Waals surface area (Å²) < 4.78 is 13.9. The Morgan fingerprint density at radius 3 is 2.66 bits per heavy atom.